The zero-order valence-electron chi connectivity index (χ0n) is 15.0. The molecule has 26 heavy (non-hydrogen) atoms. The zero-order chi connectivity index (χ0) is 18.7. The summed E-state index contributed by atoms with van der Waals surface area (Å²) in [6.45, 7) is 5.96. The molecule has 1 saturated heterocycles. The summed E-state index contributed by atoms with van der Waals surface area (Å²) in [6.07, 6.45) is 1.53. The summed E-state index contributed by atoms with van der Waals surface area (Å²) in [5.41, 5.74) is 0.927. The van der Waals surface area contributed by atoms with Crippen molar-refractivity contribution < 1.29 is 9.59 Å². The smallest absolute Gasteiger partial charge is 0.254 e. The van der Waals surface area contributed by atoms with Gasteiger partial charge in [-0.05, 0) is 31.5 Å². The lowest BCUT2D eigenvalue weighted by atomic mass is 9.83. The largest absolute Gasteiger partial charge is 0.338 e. The second kappa shape index (κ2) is 7.46. The number of halogens is 1. The Bertz CT molecular complexity index is 800. The first-order valence-corrected chi connectivity index (χ1v) is 9.03. The van der Waals surface area contributed by atoms with E-state index in [1.165, 1.54) is 6.20 Å². The molecule has 0 radical (unpaired) electrons. The number of hydrogen-bond donors (Lipinski definition) is 0. The predicted octanol–water partition coefficient (Wildman–Crippen LogP) is 3.00. The molecule has 6 heteroatoms. The maximum atomic E-state index is 13.0. The monoisotopic (exact) mass is 371 g/mol. The molecule has 0 unspecified atom stereocenters. The molecule has 3 rings (SSSR count). The number of pyridine rings is 1. The first kappa shape index (κ1) is 18.4. The van der Waals surface area contributed by atoms with E-state index in [-0.39, 0.29) is 11.8 Å². The fraction of sp³-hybridized carbons (Fsp3) is 0.350. The van der Waals surface area contributed by atoms with Gasteiger partial charge in [-0.15, -0.1) is 0 Å². The third-order valence-corrected chi connectivity index (χ3v) is 5.06. The highest BCUT2D eigenvalue weighted by Crippen LogP contribution is 2.26. The van der Waals surface area contributed by atoms with E-state index in [2.05, 4.69) is 4.98 Å². The normalized spacial score (nSPS) is 15.0. The van der Waals surface area contributed by atoms with E-state index in [4.69, 9.17) is 11.6 Å². The van der Waals surface area contributed by atoms with Crippen molar-refractivity contribution in [2.45, 2.75) is 19.3 Å². The zero-order valence-corrected chi connectivity index (χ0v) is 15.7. The molecule has 1 aromatic carbocycles. The van der Waals surface area contributed by atoms with Gasteiger partial charge in [0.1, 0.15) is 5.15 Å². The minimum absolute atomic E-state index is 0.0799. The molecule has 0 saturated carbocycles. The van der Waals surface area contributed by atoms with Crippen molar-refractivity contribution in [2.24, 2.45) is 0 Å². The molecule has 2 amide bonds. The first-order valence-electron chi connectivity index (χ1n) is 8.65. The van der Waals surface area contributed by atoms with Crippen molar-refractivity contribution in [1.29, 1.82) is 0 Å². The molecule has 2 aromatic rings. The number of benzene rings is 1. The number of carbonyl (C=O) groups is 2. The highest BCUT2D eigenvalue weighted by atomic mass is 35.5. The van der Waals surface area contributed by atoms with Gasteiger partial charge in [-0.1, -0.05) is 41.9 Å². The number of piperazine rings is 1. The number of rotatable bonds is 3. The van der Waals surface area contributed by atoms with Gasteiger partial charge in [0.25, 0.3) is 5.91 Å². The average Bonchev–Trinajstić information content (AvgIpc) is 2.67. The van der Waals surface area contributed by atoms with E-state index in [0.717, 1.165) is 5.56 Å². The highest BCUT2D eigenvalue weighted by Gasteiger charge is 2.35. The molecule has 0 bridgehead atoms. The van der Waals surface area contributed by atoms with E-state index >= 15 is 0 Å². The van der Waals surface area contributed by atoms with Crippen molar-refractivity contribution in [3.63, 3.8) is 0 Å². The molecule has 0 spiro atoms. The topological polar surface area (TPSA) is 53.5 Å². The lowest BCUT2D eigenvalue weighted by Crippen LogP contribution is -2.54. The van der Waals surface area contributed by atoms with Crippen LogP contribution in [0.2, 0.25) is 5.15 Å². The molecule has 1 aromatic heterocycles. The third-order valence-electron chi connectivity index (χ3n) is 4.86. The Labute approximate surface area is 158 Å². The van der Waals surface area contributed by atoms with Gasteiger partial charge >= 0.3 is 0 Å². The van der Waals surface area contributed by atoms with Crippen LogP contribution in [0.15, 0.2) is 48.7 Å². The third kappa shape index (κ3) is 3.73. The Morgan fingerprint density at radius 2 is 1.62 bits per heavy atom. The molecular formula is C20H22ClN3O2. The Kier molecular flexibility index (Phi) is 5.28. The molecule has 0 atom stereocenters. The van der Waals surface area contributed by atoms with E-state index in [1.54, 1.807) is 17.0 Å². The molecule has 0 aliphatic carbocycles. The van der Waals surface area contributed by atoms with E-state index < -0.39 is 5.41 Å². The van der Waals surface area contributed by atoms with E-state index in [0.29, 0.717) is 36.9 Å². The minimum Gasteiger partial charge on any atom is -0.338 e. The maximum Gasteiger partial charge on any atom is 0.254 e. The molecule has 1 fully saturated rings. The van der Waals surface area contributed by atoms with Crippen molar-refractivity contribution in [3.8, 4) is 0 Å². The lowest BCUT2D eigenvalue weighted by molar-refractivity contribution is -0.137. The Balaban J connectivity index is 1.65. The van der Waals surface area contributed by atoms with E-state index in [9.17, 15) is 9.59 Å². The number of aromatic nitrogens is 1. The summed E-state index contributed by atoms with van der Waals surface area (Å²) in [4.78, 5) is 33.1. The summed E-state index contributed by atoms with van der Waals surface area (Å²) >= 11 is 5.87. The van der Waals surface area contributed by atoms with Crippen LogP contribution in [0, 0.1) is 0 Å². The van der Waals surface area contributed by atoms with Crippen LogP contribution in [0.4, 0.5) is 0 Å². The van der Waals surface area contributed by atoms with Gasteiger partial charge in [-0.3, -0.25) is 9.59 Å². The quantitative estimate of drug-likeness (QED) is 0.779. The van der Waals surface area contributed by atoms with Gasteiger partial charge in [0, 0.05) is 37.9 Å². The molecule has 1 aliphatic rings. The predicted molar refractivity (Wildman–Crippen MR) is 101 cm³/mol. The highest BCUT2D eigenvalue weighted by molar-refractivity contribution is 6.29. The average molecular weight is 372 g/mol. The Morgan fingerprint density at radius 1 is 1.00 bits per heavy atom. The van der Waals surface area contributed by atoms with Crippen LogP contribution in [0.3, 0.4) is 0 Å². The molecular weight excluding hydrogens is 350 g/mol. The number of carbonyl (C=O) groups excluding carboxylic acids is 2. The van der Waals surface area contributed by atoms with Gasteiger partial charge in [-0.25, -0.2) is 4.98 Å². The maximum absolute atomic E-state index is 13.0. The van der Waals surface area contributed by atoms with Crippen molar-refractivity contribution in [1.82, 2.24) is 14.8 Å². The van der Waals surface area contributed by atoms with Crippen LogP contribution in [-0.4, -0.2) is 52.8 Å². The molecule has 1 aliphatic heterocycles. The minimum atomic E-state index is -0.591. The van der Waals surface area contributed by atoms with Crippen LogP contribution in [0.1, 0.15) is 29.8 Å². The summed E-state index contributed by atoms with van der Waals surface area (Å²) in [5.74, 6) is 0.00599. The second-order valence-corrected chi connectivity index (χ2v) is 7.33. The van der Waals surface area contributed by atoms with Crippen molar-refractivity contribution in [2.75, 3.05) is 26.2 Å². The number of amides is 2. The van der Waals surface area contributed by atoms with Crippen LogP contribution in [0.25, 0.3) is 0 Å². The SMILES string of the molecule is CC(C)(C(=O)N1CCN(C(=O)c2ccnc(Cl)c2)CC1)c1ccccc1. The van der Waals surface area contributed by atoms with Crippen molar-refractivity contribution in [3.05, 3.63) is 64.9 Å². The van der Waals surface area contributed by atoms with Gasteiger partial charge in [0.05, 0.1) is 5.41 Å². The molecule has 0 N–H and O–H groups in total. The van der Waals surface area contributed by atoms with Gasteiger partial charge in [-0.2, -0.15) is 0 Å². The summed E-state index contributed by atoms with van der Waals surface area (Å²) in [5, 5.41) is 0.300. The molecule has 5 nitrogen and oxygen atoms in total. The van der Waals surface area contributed by atoms with Crippen molar-refractivity contribution >= 4 is 23.4 Å². The summed E-state index contributed by atoms with van der Waals surface area (Å²) in [7, 11) is 0. The summed E-state index contributed by atoms with van der Waals surface area (Å²) in [6, 6.07) is 13.0. The second-order valence-electron chi connectivity index (χ2n) is 6.94. The number of nitrogens with zero attached hydrogens (tertiary/aromatic N) is 3. The van der Waals surface area contributed by atoms with Gasteiger partial charge in [0.15, 0.2) is 0 Å². The van der Waals surface area contributed by atoms with Gasteiger partial charge < -0.3 is 9.80 Å². The fourth-order valence-corrected chi connectivity index (χ4v) is 3.38. The summed E-state index contributed by atoms with van der Waals surface area (Å²) < 4.78 is 0. The first-order chi connectivity index (χ1) is 12.4. The lowest BCUT2D eigenvalue weighted by Gasteiger charge is -2.38. The van der Waals surface area contributed by atoms with E-state index in [1.807, 2.05) is 49.1 Å². The van der Waals surface area contributed by atoms with Crippen LogP contribution in [0.5, 0.6) is 0 Å². The Hall–Kier alpha value is -2.40. The number of hydrogen-bond acceptors (Lipinski definition) is 3. The molecule has 2 heterocycles. The van der Waals surface area contributed by atoms with Crippen LogP contribution >= 0.6 is 11.6 Å². The van der Waals surface area contributed by atoms with Gasteiger partial charge in [0.2, 0.25) is 5.91 Å². The van der Waals surface area contributed by atoms with Crippen LogP contribution < -0.4 is 0 Å². The fourth-order valence-electron chi connectivity index (χ4n) is 3.20. The standard InChI is InChI=1S/C20H22ClN3O2/c1-20(2,16-6-4-3-5-7-16)19(26)24-12-10-23(11-13-24)18(25)15-8-9-22-17(21)14-15/h3-9,14H,10-13H2,1-2H3. The van der Waals surface area contributed by atoms with Crippen LogP contribution in [-0.2, 0) is 10.2 Å². The molecule has 136 valence electrons. The Morgan fingerprint density at radius 3 is 2.23 bits per heavy atom.